The van der Waals surface area contributed by atoms with Crippen molar-refractivity contribution in [3.63, 3.8) is 0 Å². The van der Waals surface area contributed by atoms with E-state index in [0.717, 1.165) is 37.1 Å². The Morgan fingerprint density at radius 2 is 2.26 bits per heavy atom. The SMILES string of the molecule is CCCC(CCCNC(=O)C/C=C\N1CN=C(C)C=C1C)OC. The zero-order valence-corrected chi connectivity index (χ0v) is 15.0. The van der Waals surface area contributed by atoms with Crippen LogP contribution in [0.3, 0.4) is 0 Å². The Morgan fingerprint density at radius 3 is 2.91 bits per heavy atom. The highest BCUT2D eigenvalue weighted by Crippen LogP contribution is 2.10. The number of allylic oxidation sites excluding steroid dienone is 2. The number of aliphatic imine (C=N–C) groups is 1. The lowest BCUT2D eigenvalue weighted by Gasteiger charge is -2.22. The summed E-state index contributed by atoms with van der Waals surface area (Å²) >= 11 is 0. The second-order valence-electron chi connectivity index (χ2n) is 5.92. The van der Waals surface area contributed by atoms with Crippen LogP contribution in [0.1, 0.15) is 52.9 Å². The van der Waals surface area contributed by atoms with Crippen LogP contribution in [0.2, 0.25) is 0 Å². The van der Waals surface area contributed by atoms with Gasteiger partial charge < -0.3 is 15.0 Å². The minimum atomic E-state index is 0.0593. The summed E-state index contributed by atoms with van der Waals surface area (Å²) in [4.78, 5) is 18.2. The molecule has 0 fully saturated rings. The van der Waals surface area contributed by atoms with Gasteiger partial charge in [-0.25, -0.2) is 0 Å². The molecule has 0 aromatic carbocycles. The van der Waals surface area contributed by atoms with Crippen LogP contribution in [0, 0.1) is 0 Å². The predicted molar refractivity (Wildman–Crippen MR) is 95.3 cm³/mol. The lowest BCUT2D eigenvalue weighted by Crippen LogP contribution is -2.25. The molecular formula is C18H31N3O2. The molecule has 1 unspecified atom stereocenters. The minimum absolute atomic E-state index is 0.0593. The van der Waals surface area contributed by atoms with E-state index in [9.17, 15) is 4.79 Å². The molecule has 0 aromatic rings. The minimum Gasteiger partial charge on any atom is -0.381 e. The van der Waals surface area contributed by atoms with Crippen LogP contribution in [0.25, 0.3) is 0 Å². The standard InChI is InChI=1S/C18H31N3O2/c1-5-8-17(23-4)9-6-11-19-18(22)10-7-12-21-14-20-15(2)13-16(21)3/h7,12-13,17H,5-6,8-11,14H2,1-4H3,(H,19,22)/b12-7-. The first-order valence-corrected chi connectivity index (χ1v) is 8.49. The average molecular weight is 321 g/mol. The highest BCUT2D eigenvalue weighted by Gasteiger charge is 2.07. The molecule has 5 nitrogen and oxygen atoms in total. The first-order valence-electron chi connectivity index (χ1n) is 8.49. The molecular weight excluding hydrogens is 290 g/mol. The summed E-state index contributed by atoms with van der Waals surface area (Å²) in [5.41, 5.74) is 2.19. The van der Waals surface area contributed by atoms with Crippen molar-refractivity contribution in [3.8, 4) is 0 Å². The molecule has 1 aliphatic rings. The zero-order chi connectivity index (χ0) is 17.1. The van der Waals surface area contributed by atoms with Crippen LogP contribution >= 0.6 is 0 Å². The van der Waals surface area contributed by atoms with Gasteiger partial charge in [0.05, 0.1) is 6.10 Å². The van der Waals surface area contributed by atoms with E-state index in [1.165, 1.54) is 0 Å². The molecule has 0 saturated carbocycles. The monoisotopic (exact) mass is 321 g/mol. The Bertz CT molecular complexity index is 455. The number of ether oxygens (including phenoxy) is 1. The molecule has 0 aromatic heterocycles. The molecule has 1 N–H and O–H groups in total. The first kappa shape index (κ1) is 19.4. The van der Waals surface area contributed by atoms with Gasteiger partial charge in [-0.3, -0.25) is 9.79 Å². The van der Waals surface area contributed by atoms with E-state index in [2.05, 4.69) is 17.2 Å². The molecule has 1 rings (SSSR count). The summed E-state index contributed by atoms with van der Waals surface area (Å²) in [5.74, 6) is 0.0593. The van der Waals surface area contributed by atoms with E-state index in [-0.39, 0.29) is 5.91 Å². The van der Waals surface area contributed by atoms with Gasteiger partial charge in [0.2, 0.25) is 5.91 Å². The third kappa shape index (κ3) is 7.98. The lowest BCUT2D eigenvalue weighted by atomic mass is 10.1. The second kappa shape index (κ2) is 11.0. The first-order chi connectivity index (χ1) is 11.1. The number of hydrogen-bond donors (Lipinski definition) is 1. The smallest absolute Gasteiger partial charge is 0.223 e. The van der Waals surface area contributed by atoms with Gasteiger partial charge in [-0.05, 0) is 39.2 Å². The number of amides is 1. The molecule has 130 valence electrons. The van der Waals surface area contributed by atoms with Gasteiger partial charge >= 0.3 is 0 Å². The van der Waals surface area contributed by atoms with Crippen molar-refractivity contribution in [2.75, 3.05) is 20.3 Å². The maximum Gasteiger partial charge on any atom is 0.223 e. The van der Waals surface area contributed by atoms with E-state index in [4.69, 9.17) is 4.74 Å². The number of carbonyl (C=O) groups is 1. The molecule has 1 aliphatic heterocycles. The van der Waals surface area contributed by atoms with Crippen LogP contribution < -0.4 is 5.32 Å². The number of carbonyl (C=O) groups excluding carboxylic acids is 1. The highest BCUT2D eigenvalue weighted by molar-refractivity contribution is 5.93. The zero-order valence-electron chi connectivity index (χ0n) is 15.0. The van der Waals surface area contributed by atoms with E-state index >= 15 is 0 Å². The van der Waals surface area contributed by atoms with Crippen LogP contribution in [-0.4, -0.2) is 42.9 Å². The molecule has 0 radical (unpaired) electrons. The van der Waals surface area contributed by atoms with Crippen molar-refractivity contribution in [3.05, 3.63) is 24.0 Å². The molecule has 0 spiro atoms. The molecule has 0 saturated heterocycles. The maximum absolute atomic E-state index is 11.8. The van der Waals surface area contributed by atoms with E-state index in [0.29, 0.717) is 25.7 Å². The predicted octanol–water partition coefficient (Wildman–Crippen LogP) is 3.24. The number of nitrogens with zero attached hydrogens (tertiary/aromatic N) is 2. The van der Waals surface area contributed by atoms with Crippen molar-refractivity contribution in [2.24, 2.45) is 4.99 Å². The molecule has 23 heavy (non-hydrogen) atoms. The summed E-state index contributed by atoms with van der Waals surface area (Å²) in [6.07, 6.45) is 10.7. The highest BCUT2D eigenvalue weighted by atomic mass is 16.5. The fourth-order valence-corrected chi connectivity index (χ4v) is 2.51. The summed E-state index contributed by atoms with van der Waals surface area (Å²) in [6, 6.07) is 0. The van der Waals surface area contributed by atoms with Gasteiger partial charge in [-0.15, -0.1) is 0 Å². The van der Waals surface area contributed by atoms with Crippen molar-refractivity contribution >= 4 is 11.6 Å². The molecule has 1 amide bonds. The Hall–Kier alpha value is -1.62. The summed E-state index contributed by atoms with van der Waals surface area (Å²) in [5, 5.41) is 2.95. The van der Waals surface area contributed by atoms with Crippen molar-refractivity contribution < 1.29 is 9.53 Å². The van der Waals surface area contributed by atoms with Gasteiger partial charge in [0.15, 0.2) is 0 Å². The molecule has 1 heterocycles. The third-order valence-corrected chi connectivity index (χ3v) is 3.90. The summed E-state index contributed by atoms with van der Waals surface area (Å²) in [7, 11) is 1.76. The number of rotatable bonds is 10. The summed E-state index contributed by atoms with van der Waals surface area (Å²) in [6.45, 7) is 7.54. The topological polar surface area (TPSA) is 53.9 Å². The average Bonchev–Trinajstić information content (AvgIpc) is 2.52. The van der Waals surface area contributed by atoms with Gasteiger partial charge in [-0.2, -0.15) is 0 Å². The quantitative estimate of drug-likeness (QED) is 0.629. The Kier molecular flexibility index (Phi) is 9.29. The third-order valence-electron chi connectivity index (χ3n) is 3.90. The van der Waals surface area contributed by atoms with Gasteiger partial charge in [0.1, 0.15) is 6.67 Å². The fraction of sp³-hybridized carbons (Fsp3) is 0.667. The maximum atomic E-state index is 11.8. The Labute approximate surface area is 140 Å². The van der Waals surface area contributed by atoms with Crippen LogP contribution in [-0.2, 0) is 9.53 Å². The Morgan fingerprint density at radius 1 is 1.48 bits per heavy atom. The molecule has 5 heteroatoms. The molecule has 0 bridgehead atoms. The van der Waals surface area contributed by atoms with Crippen LogP contribution in [0.15, 0.2) is 29.0 Å². The van der Waals surface area contributed by atoms with Crippen molar-refractivity contribution in [1.82, 2.24) is 10.2 Å². The number of hydrogen-bond acceptors (Lipinski definition) is 4. The van der Waals surface area contributed by atoms with E-state index < -0.39 is 0 Å². The van der Waals surface area contributed by atoms with E-state index in [1.807, 2.05) is 37.1 Å². The number of methoxy groups -OCH3 is 1. The van der Waals surface area contributed by atoms with Gasteiger partial charge in [0.25, 0.3) is 0 Å². The normalized spacial score (nSPS) is 16.3. The van der Waals surface area contributed by atoms with Crippen molar-refractivity contribution in [1.29, 1.82) is 0 Å². The number of nitrogens with one attached hydrogen (secondary N) is 1. The van der Waals surface area contributed by atoms with E-state index in [1.54, 1.807) is 7.11 Å². The van der Waals surface area contributed by atoms with Crippen LogP contribution in [0.4, 0.5) is 0 Å². The van der Waals surface area contributed by atoms with Gasteiger partial charge in [0, 0.05) is 37.7 Å². The fourth-order valence-electron chi connectivity index (χ4n) is 2.51. The largest absolute Gasteiger partial charge is 0.381 e. The molecule has 1 atom stereocenters. The lowest BCUT2D eigenvalue weighted by molar-refractivity contribution is -0.120. The van der Waals surface area contributed by atoms with Crippen molar-refractivity contribution in [2.45, 2.75) is 59.0 Å². The summed E-state index contributed by atoms with van der Waals surface area (Å²) < 4.78 is 5.40. The molecule has 0 aliphatic carbocycles. The Balaban J connectivity index is 2.17. The van der Waals surface area contributed by atoms with Crippen LogP contribution in [0.5, 0.6) is 0 Å². The van der Waals surface area contributed by atoms with Gasteiger partial charge in [-0.1, -0.05) is 19.4 Å². The second-order valence-corrected chi connectivity index (χ2v) is 5.92.